The third-order valence-corrected chi connectivity index (χ3v) is 4.22. The number of nitrogens with one attached hydrogen (secondary N) is 1. The van der Waals surface area contributed by atoms with Crippen molar-refractivity contribution in [3.63, 3.8) is 0 Å². The van der Waals surface area contributed by atoms with Gasteiger partial charge in [0.25, 0.3) is 0 Å². The summed E-state index contributed by atoms with van der Waals surface area (Å²) in [5.74, 6) is 5.69. The summed E-state index contributed by atoms with van der Waals surface area (Å²) >= 11 is 15.5. The van der Waals surface area contributed by atoms with Gasteiger partial charge in [-0.15, -0.1) is 0 Å². The first-order valence-corrected chi connectivity index (χ1v) is 7.25. The van der Waals surface area contributed by atoms with E-state index < -0.39 is 0 Å². The van der Waals surface area contributed by atoms with Crippen molar-refractivity contribution in [2.24, 2.45) is 5.84 Å². The van der Waals surface area contributed by atoms with Crippen LogP contribution in [-0.2, 0) is 0 Å². The third-order valence-electron chi connectivity index (χ3n) is 2.99. The monoisotopic (exact) mass is 358 g/mol. The molecule has 0 aliphatic carbocycles. The molecule has 1 unspecified atom stereocenters. The quantitative estimate of drug-likeness (QED) is 0.620. The molecule has 100 valence electrons. The lowest BCUT2D eigenvalue weighted by atomic mass is 9.95. The first-order chi connectivity index (χ1) is 9.02. The number of rotatable bonds is 3. The van der Waals surface area contributed by atoms with E-state index in [0.29, 0.717) is 10.0 Å². The summed E-state index contributed by atoms with van der Waals surface area (Å²) in [6.45, 7) is 2.04. The topological polar surface area (TPSA) is 38.0 Å². The highest BCUT2D eigenvalue weighted by Crippen LogP contribution is 2.30. The van der Waals surface area contributed by atoms with Crippen molar-refractivity contribution in [2.75, 3.05) is 0 Å². The van der Waals surface area contributed by atoms with Crippen molar-refractivity contribution in [3.8, 4) is 0 Å². The van der Waals surface area contributed by atoms with Gasteiger partial charge in [-0.25, -0.2) is 5.43 Å². The van der Waals surface area contributed by atoms with Crippen molar-refractivity contribution >= 4 is 39.1 Å². The second-order valence-corrected chi connectivity index (χ2v) is 6.00. The molecule has 0 bridgehead atoms. The molecule has 3 N–H and O–H groups in total. The molecular weight excluding hydrogens is 347 g/mol. The zero-order valence-corrected chi connectivity index (χ0v) is 13.4. The molecule has 0 spiro atoms. The summed E-state index contributed by atoms with van der Waals surface area (Å²) in [5.41, 5.74) is 6.04. The zero-order chi connectivity index (χ0) is 14.0. The molecule has 0 fully saturated rings. The molecule has 1 atom stereocenters. The highest BCUT2D eigenvalue weighted by molar-refractivity contribution is 9.10. The zero-order valence-electron chi connectivity index (χ0n) is 10.3. The number of benzene rings is 2. The van der Waals surface area contributed by atoms with Crippen molar-refractivity contribution < 1.29 is 0 Å². The van der Waals surface area contributed by atoms with Gasteiger partial charge < -0.3 is 0 Å². The maximum absolute atomic E-state index is 6.06. The Labute approximate surface area is 131 Å². The first-order valence-electron chi connectivity index (χ1n) is 5.70. The molecule has 2 rings (SSSR count). The van der Waals surface area contributed by atoms with Crippen LogP contribution in [0.5, 0.6) is 0 Å². The summed E-state index contributed by atoms with van der Waals surface area (Å²) in [6, 6.07) is 11.5. The molecule has 19 heavy (non-hydrogen) atoms. The van der Waals surface area contributed by atoms with Gasteiger partial charge >= 0.3 is 0 Å². The molecule has 0 heterocycles. The van der Waals surface area contributed by atoms with E-state index in [-0.39, 0.29) is 6.04 Å². The normalized spacial score (nSPS) is 12.5. The second-order valence-electron chi connectivity index (χ2n) is 4.27. The standard InChI is InChI=1S/C14H13BrCl2N2/c1-8-6-10(15)3-4-11(8)14(19-18)9-2-5-12(16)13(17)7-9/h2-7,14,19H,18H2,1H3. The predicted molar refractivity (Wildman–Crippen MR) is 84.5 cm³/mol. The van der Waals surface area contributed by atoms with E-state index in [0.717, 1.165) is 21.2 Å². The molecule has 2 nitrogen and oxygen atoms in total. The van der Waals surface area contributed by atoms with E-state index in [1.165, 1.54) is 0 Å². The summed E-state index contributed by atoms with van der Waals surface area (Å²) < 4.78 is 1.04. The molecule has 0 radical (unpaired) electrons. The van der Waals surface area contributed by atoms with Crippen molar-refractivity contribution in [1.82, 2.24) is 5.43 Å². The van der Waals surface area contributed by atoms with Crippen LogP contribution in [0.3, 0.4) is 0 Å². The largest absolute Gasteiger partial charge is 0.271 e. The minimum absolute atomic E-state index is 0.122. The van der Waals surface area contributed by atoms with Gasteiger partial charge in [0.2, 0.25) is 0 Å². The molecule has 0 amide bonds. The van der Waals surface area contributed by atoms with Crippen LogP contribution in [0, 0.1) is 6.92 Å². The average Bonchev–Trinajstić information content (AvgIpc) is 2.37. The summed E-state index contributed by atoms with van der Waals surface area (Å²) in [7, 11) is 0. The van der Waals surface area contributed by atoms with Gasteiger partial charge in [0, 0.05) is 4.47 Å². The van der Waals surface area contributed by atoms with Crippen LogP contribution < -0.4 is 11.3 Å². The Morgan fingerprint density at radius 3 is 2.42 bits per heavy atom. The summed E-state index contributed by atoms with van der Waals surface area (Å²) in [6.07, 6.45) is 0. The lowest BCUT2D eigenvalue weighted by Crippen LogP contribution is -2.29. The Hall–Kier alpha value is -0.580. The average molecular weight is 360 g/mol. The van der Waals surface area contributed by atoms with E-state index >= 15 is 0 Å². The predicted octanol–water partition coefficient (Wildman–Crippen LogP) is 4.62. The van der Waals surface area contributed by atoms with Crippen molar-refractivity contribution in [2.45, 2.75) is 13.0 Å². The van der Waals surface area contributed by atoms with Crippen LogP contribution in [0.15, 0.2) is 40.9 Å². The Bertz CT molecular complexity index is 602. The van der Waals surface area contributed by atoms with E-state index in [9.17, 15) is 0 Å². The molecule has 0 saturated carbocycles. The number of hydrogen-bond acceptors (Lipinski definition) is 2. The fourth-order valence-electron chi connectivity index (χ4n) is 2.02. The van der Waals surface area contributed by atoms with Gasteiger partial charge in [-0.2, -0.15) is 0 Å². The number of aryl methyl sites for hydroxylation is 1. The SMILES string of the molecule is Cc1cc(Br)ccc1C(NN)c1ccc(Cl)c(Cl)c1. The molecule has 2 aromatic carbocycles. The fraction of sp³-hybridized carbons (Fsp3) is 0.143. The van der Waals surface area contributed by atoms with Crippen molar-refractivity contribution in [3.05, 3.63) is 67.6 Å². The van der Waals surface area contributed by atoms with Crippen LogP contribution in [0.2, 0.25) is 10.0 Å². The Morgan fingerprint density at radius 1 is 1.11 bits per heavy atom. The Balaban J connectivity index is 2.46. The van der Waals surface area contributed by atoms with Crippen molar-refractivity contribution in [1.29, 1.82) is 0 Å². The van der Waals surface area contributed by atoms with Gasteiger partial charge in [-0.05, 0) is 47.9 Å². The van der Waals surface area contributed by atoms with Gasteiger partial charge in [0.05, 0.1) is 16.1 Å². The van der Waals surface area contributed by atoms with E-state index in [1.54, 1.807) is 6.07 Å². The van der Waals surface area contributed by atoms with Crippen LogP contribution >= 0.6 is 39.1 Å². The Kier molecular flexibility index (Phi) is 4.87. The summed E-state index contributed by atoms with van der Waals surface area (Å²) in [4.78, 5) is 0. The Morgan fingerprint density at radius 2 is 1.84 bits per heavy atom. The summed E-state index contributed by atoms with van der Waals surface area (Å²) in [5, 5.41) is 1.06. The number of hydrogen-bond donors (Lipinski definition) is 2. The van der Waals surface area contributed by atoms with Gasteiger partial charge in [0.1, 0.15) is 0 Å². The molecule has 0 aliphatic rings. The molecular formula is C14H13BrCl2N2. The maximum Gasteiger partial charge on any atom is 0.0713 e. The first kappa shape index (κ1) is 14.8. The number of hydrazine groups is 1. The maximum atomic E-state index is 6.06. The van der Waals surface area contributed by atoms with E-state index in [2.05, 4.69) is 27.4 Å². The van der Waals surface area contributed by atoms with Crippen LogP contribution in [0.1, 0.15) is 22.7 Å². The molecule has 0 aromatic heterocycles. The van der Waals surface area contributed by atoms with E-state index in [1.807, 2.05) is 31.2 Å². The smallest absolute Gasteiger partial charge is 0.0713 e. The van der Waals surface area contributed by atoms with Crippen LogP contribution in [0.4, 0.5) is 0 Å². The molecule has 0 saturated heterocycles. The highest BCUT2D eigenvalue weighted by atomic mass is 79.9. The lowest BCUT2D eigenvalue weighted by molar-refractivity contribution is 0.633. The lowest BCUT2D eigenvalue weighted by Gasteiger charge is -2.19. The minimum atomic E-state index is -0.122. The fourth-order valence-corrected chi connectivity index (χ4v) is 2.80. The molecule has 5 heteroatoms. The number of nitrogens with two attached hydrogens (primary N) is 1. The van der Waals surface area contributed by atoms with Gasteiger partial charge in [0.15, 0.2) is 0 Å². The van der Waals surface area contributed by atoms with Crippen LogP contribution in [-0.4, -0.2) is 0 Å². The van der Waals surface area contributed by atoms with Crippen LogP contribution in [0.25, 0.3) is 0 Å². The van der Waals surface area contributed by atoms with E-state index in [4.69, 9.17) is 29.0 Å². The molecule has 0 aliphatic heterocycles. The minimum Gasteiger partial charge on any atom is -0.271 e. The van der Waals surface area contributed by atoms with Gasteiger partial charge in [-0.3, -0.25) is 5.84 Å². The molecule has 2 aromatic rings. The second kappa shape index (κ2) is 6.25. The van der Waals surface area contributed by atoms with Gasteiger partial charge in [-0.1, -0.05) is 51.3 Å². The number of halogens is 3. The highest BCUT2D eigenvalue weighted by Gasteiger charge is 2.15. The third kappa shape index (κ3) is 3.30.